The summed E-state index contributed by atoms with van der Waals surface area (Å²) in [6, 6.07) is 12.7. The number of hydrogen-bond donors (Lipinski definition) is 2. The van der Waals surface area contributed by atoms with E-state index in [0.717, 1.165) is 30.4 Å². The highest BCUT2D eigenvalue weighted by atomic mass is 35.5. The molecule has 3 aromatic rings. The van der Waals surface area contributed by atoms with Crippen LogP contribution in [0.4, 0.5) is 0 Å². The molecule has 194 valence electrons. The van der Waals surface area contributed by atoms with Gasteiger partial charge in [0.05, 0.1) is 17.5 Å². The molecule has 0 bridgehead atoms. The van der Waals surface area contributed by atoms with Gasteiger partial charge in [-0.2, -0.15) is 5.26 Å². The second-order valence-corrected chi connectivity index (χ2v) is 13.2. The van der Waals surface area contributed by atoms with Crippen LogP contribution in [-0.2, 0) is 9.09 Å². The summed E-state index contributed by atoms with van der Waals surface area (Å²) < 4.78 is 22.3. The SMILES string of the molecule is Cc1cc(/C=C/C#N)cc(P(=O)(O[C@@H]2CC(C)CCC2C(C)C)c2c(C(N)=O)[nH]c3ccc(Cl)cc23)c1. The van der Waals surface area contributed by atoms with Crippen LogP contribution in [0.25, 0.3) is 17.0 Å². The van der Waals surface area contributed by atoms with E-state index in [1.165, 1.54) is 6.08 Å². The quantitative estimate of drug-likeness (QED) is 0.266. The first-order chi connectivity index (χ1) is 17.5. The van der Waals surface area contributed by atoms with Crippen LogP contribution in [0, 0.1) is 36.0 Å². The van der Waals surface area contributed by atoms with Gasteiger partial charge in [0.25, 0.3) is 13.3 Å². The van der Waals surface area contributed by atoms with Gasteiger partial charge in [0.15, 0.2) is 0 Å². The molecule has 37 heavy (non-hydrogen) atoms. The normalized spacial score (nSPS) is 21.8. The number of nitriles is 1. The van der Waals surface area contributed by atoms with Crippen molar-refractivity contribution in [2.24, 2.45) is 23.5 Å². The maximum absolute atomic E-state index is 15.5. The molecule has 3 unspecified atom stereocenters. The molecule has 0 aliphatic heterocycles. The third kappa shape index (κ3) is 5.55. The van der Waals surface area contributed by atoms with Crippen molar-refractivity contribution in [3.8, 4) is 6.07 Å². The molecular weight excluding hydrogens is 505 g/mol. The number of hydrogen-bond acceptors (Lipinski definition) is 4. The van der Waals surface area contributed by atoms with Gasteiger partial charge >= 0.3 is 0 Å². The summed E-state index contributed by atoms with van der Waals surface area (Å²) in [6.45, 7) is 8.42. The number of rotatable bonds is 7. The van der Waals surface area contributed by atoms with Crippen molar-refractivity contribution in [2.75, 3.05) is 0 Å². The van der Waals surface area contributed by atoms with Crippen molar-refractivity contribution < 1.29 is 13.9 Å². The first kappa shape index (κ1) is 27.2. The Balaban J connectivity index is 2.02. The van der Waals surface area contributed by atoms with Gasteiger partial charge in [-0.05, 0) is 85.1 Å². The maximum atomic E-state index is 15.5. The average molecular weight is 538 g/mol. The number of amides is 1. The molecule has 6 nitrogen and oxygen atoms in total. The first-order valence-corrected chi connectivity index (χ1v) is 14.6. The Bertz CT molecular complexity index is 1450. The molecule has 1 aromatic heterocycles. The molecule has 4 atom stereocenters. The van der Waals surface area contributed by atoms with E-state index >= 15 is 4.57 Å². The van der Waals surface area contributed by atoms with Crippen molar-refractivity contribution in [1.29, 1.82) is 5.26 Å². The molecule has 1 amide bonds. The van der Waals surface area contributed by atoms with E-state index in [0.29, 0.717) is 33.1 Å². The van der Waals surface area contributed by atoms with Gasteiger partial charge in [-0.3, -0.25) is 9.36 Å². The highest BCUT2D eigenvalue weighted by Gasteiger charge is 2.42. The lowest BCUT2D eigenvalue weighted by Crippen LogP contribution is -2.37. The number of nitrogens with two attached hydrogens (primary N) is 1. The lowest BCUT2D eigenvalue weighted by Gasteiger charge is -2.39. The number of benzene rings is 2. The molecule has 0 radical (unpaired) electrons. The minimum Gasteiger partial charge on any atom is -0.364 e. The van der Waals surface area contributed by atoms with Crippen LogP contribution in [0.2, 0.25) is 5.02 Å². The fraction of sp³-hybridized carbons (Fsp3) is 0.379. The van der Waals surface area contributed by atoms with Crippen LogP contribution in [0.5, 0.6) is 0 Å². The number of allylic oxidation sites excluding steroid dienone is 1. The van der Waals surface area contributed by atoms with Crippen LogP contribution in [-0.4, -0.2) is 17.0 Å². The van der Waals surface area contributed by atoms with Crippen molar-refractivity contribution in [1.82, 2.24) is 4.98 Å². The number of H-pyrrole nitrogens is 1. The van der Waals surface area contributed by atoms with Crippen LogP contribution in [0.3, 0.4) is 0 Å². The Kier molecular flexibility index (Phi) is 7.99. The second-order valence-electron chi connectivity index (χ2n) is 10.5. The highest BCUT2D eigenvalue weighted by molar-refractivity contribution is 7.75. The monoisotopic (exact) mass is 537 g/mol. The molecule has 1 aliphatic carbocycles. The van der Waals surface area contributed by atoms with Gasteiger partial charge in [-0.1, -0.05) is 44.9 Å². The van der Waals surface area contributed by atoms with Gasteiger partial charge in [-0.15, -0.1) is 0 Å². The molecule has 2 aromatic carbocycles. The average Bonchev–Trinajstić information content (AvgIpc) is 3.22. The van der Waals surface area contributed by atoms with E-state index in [-0.39, 0.29) is 23.0 Å². The zero-order valence-corrected chi connectivity index (χ0v) is 23.3. The standard InChI is InChI=1S/C29H33ClN3O3P/c1-17(2)23-9-7-18(3)14-26(23)36-37(35,22-13-19(4)12-20(15-22)6-5-11-31)28-24-16-21(30)8-10-25(24)33-27(28)29(32)34/h5-6,8,10,12-13,15-18,23,26,33H,7,9,14H2,1-4H3,(H2,32,34)/b6-5+/t18?,23?,26-,37?/m1/s1. The molecule has 1 saturated carbocycles. The zero-order valence-electron chi connectivity index (χ0n) is 21.6. The fourth-order valence-electron chi connectivity index (χ4n) is 5.49. The summed E-state index contributed by atoms with van der Waals surface area (Å²) in [6.07, 6.45) is 5.63. The van der Waals surface area contributed by atoms with Crippen molar-refractivity contribution in [3.05, 3.63) is 64.3 Å². The zero-order chi connectivity index (χ0) is 26.9. The highest BCUT2D eigenvalue weighted by Crippen LogP contribution is 2.53. The van der Waals surface area contributed by atoms with Gasteiger partial charge in [0.1, 0.15) is 5.69 Å². The van der Waals surface area contributed by atoms with Crippen molar-refractivity contribution >= 4 is 52.5 Å². The van der Waals surface area contributed by atoms with Crippen LogP contribution < -0.4 is 16.3 Å². The number of carbonyl (C=O) groups is 1. The largest absolute Gasteiger partial charge is 0.364 e. The predicted octanol–water partition coefficient (Wildman–Crippen LogP) is 6.47. The number of aromatic nitrogens is 1. The first-order valence-electron chi connectivity index (χ1n) is 12.6. The van der Waals surface area contributed by atoms with E-state index in [9.17, 15) is 4.79 Å². The van der Waals surface area contributed by atoms with Gasteiger partial charge in [0.2, 0.25) is 0 Å². The maximum Gasteiger partial charge on any atom is 0.266 e. The van der Waals surface area contributed by atoms with Crippen LogP contribution >= 0.6 is 19.0 Å². The van der Waals surface area contributed by atoms with Crippen molar-refractivity contribution in [3.63, 3.8) is 0 Å². The summed E-state index contributed by atoms with van der Waals surface area (Å²) in [4.78, 5) is 15.7. The molecular formula is C29H33ClN3O3P. The lowest BCUT2D eigenvalue weighted by atomic mass is 9.75. The van der Waals surface area contributed by atoms with Crippen LogP contribution in [0.15, 0.2) is 42.5 Å². The molecule has 1 aliphatic rings. The Hall–Kier alpha value is -2.84. The van der Waals surface area contributed by atoms with E-state index < -0.39 is 13.3 Å². The minimum atomic E-state index is -3.90. The van der Waals surface area contributed by atoms with E-state index in [1.807, 2.05) is 25.1 Å². The number of fused-ring (bicyclic) bond motifs is 1. The predicted molar refractivity (Wildman–Crippen MR) is 151 cm³/mol. The number of aromatic amines is 1. The smallest absolute Gasteiger partial charge is 0.266 e. The summed E-state index contributed by atoms with van der Waals surface area (Å²) >= 11 is 6.36. The topological polar surface area (TPSA) is 109 Å². The van der Waals surface area contributed by atoms with Gasteiger partial charge in [-0.25, -0.2) is 0 Å². The Morgan fingerprint density at radius 1 is 1.27 bits per heavy atom. The van der Waals surface area contributed by atoms with Crippen LogP contribution in [0.1, 0.15) is 61.6 Å². The molecule has 0 spiro atoms. The summed E-state index contributed by atoms with van der Waals surface area (Å²) in [7, 11) is -3.90. The number of carbonyl (C=O) groups excluding carboxylic acids is 1. The molecule has 0 saturated heterocycles. The summed E-state index contributed by atoms with van der Waals surface area (Å²) in [5, 5.41) is 10.8. The van der Waals surface area contributed by atoms with Gasteiger partial charge < -0.3 is 15.2 Å². The Morgan fingerprint density at radius 2 is 2.03 bits per heavy atom. The van der Waals surface area contributed by atoms with E-state index in [4.69, 9.17) is 27.1 Å². The minimum absolute atomic E-state index is 0.0566. The number of nitrogens with one attached hydrogen (secondary N) is 1. The van der Waals surface area contributed by atoms with E-state index in [2.05, 4.69) is 25.8 Å². The molecule has 4 rings (SSSR count). The molecule has 1 fully saturated rings. The molecule has 1 heterocycles. The molecule has 3 N–H and O–H groups in total. The summed E-state index contributed by atoms with van der Waals surface area (Å²) in [5.41, 5.74) is 8.06. The van der Waals surface area contributed by atoms with Gasteiger partial charge in [0, 0.05) is 27.3 Å². The number of primary amides is 1. The van der Waals surface area contributed by atoms with E-state index in [1.54, 1.807) is 30.3 Å². The third-order valence-corrected chi connectivity index (χ3v) is 10.1. The molecule has 8 heteroatoms. The lowest BCUT2D eigenvalue weighted by molar-refractivity contribution is 0.0514. The number of nitrogens with zero attached hydrogens (tertiary/aromatic N) is 1. The Morgan fingerprint density at radius 3 is 2.70 bits per heavy atom. The third-order valence-electron chi connectivity index (χ3n) is 7.29. The fourth-order valence-corrected chi connectivity index (χ4v) is 8.43. The Labute approximate surface area is 223 Å². The number of halogens is 1. The second kappa shape index (κ2) is 10.9. The van der Waals surface area contributed by atoms with Crippen molar-refractivity contribution in [2.45, 2.75) is 53.1 Å². The number of aryl methyl sites for hydroxylation is 1. The summed E-state index contributed by atoms with van der Waals surface area (Å²) in [5.74, 6) is 0.262.